The number of fused-ring (bicyclic) bond motifs is 1. The van der Waals surface area contributed by atoms with Gasteiger partial charge in [-0.1, -0.05) is 12.6 Å². The van der Waals surface area contributed by atoms with Crippen molar-refractivity contribution in [2.45, 2.75) is 38.7 Å². The Bertz CT molecular complexity index is 1300. The number of aryl methyl sites for hydroxylation is 1. The molecule has 172 valence electrons. The van der Waals surface area contributed by atoms with Gasteiger partial charge in [0.2, 0.25) is 5.52 Å². The molecular weight excluding hydrogens is 433 g/mol. The molecule has 0 amide bonds. The maximum Gasteiger partial charge on any atom is 0.433 e. The highest BCUT2D eigenvalue weighted by Crippen LogP contribution is 2.31. The summed E-state index contributed by atoms with van der Waals surface area (Å²) in [5, 5.41) is 0. The van der Waals surface area contributed by atoms with Gasteiger partial charge in [-0.2, -0.15) is 13.2 Å². The van der Waals surface area contributed by atoms with Gasteiger partial charge >= 0.3 is 6.18 Å². The third kappa shape index (κ3) is 4.41. The number of hydrogen-bond donors (Lipinski definition) is 0. The summed E-state index contributed by atoms with van der Waals surface area (Å²) >= 11 is 0. The minimum absolute atomic E-state index is 0.0132. The normalized spacial score (nSPS) is 19.6. The average Bonchev–Trinajstić information content (AvgIpc) is 2.78. The Balaban J connectivity index is 1.63. The Morgan fingerprint density at radius 3 is 2.58 bits per heavy atom. The van der Waals surface area contributed by atoms with Crippen LogP contribution in [0.3, 0.4) is 0 Å². The Hall–Kier alpha value is -3.45. The number of piperazine rings is 1. The second kappa shape index (κ2) is 8.48. The van der Waals surface area contributed by atoms with Crippen molar-refractivity contribution < 1.29 is 13.2 Å². The van der Waals surface area contributed by atoms with Crippen molar-refractivity contribution in [2.75, 3.05) is 18.0 Å². The van der Waals surface area contributed by atoms with Gasteiger partial charge in [-0.25, -0.2) is 4.98 Å². The van der Waals surface area contributed by atoms with E-state index in [1.54, 1.807) is 25.2 Å². The molecule has 10 heteroatoms. The summed E-state index contributed by atoms with van der Waals surface area (Å²) in [6.07, 6.45) is -4.48. The van der Waals surface area contributed by atoms with Crippen molar-refractivity contribution in [1.82, 2.24) is 19.4 Å². The first kappa shape index (κ1) is 22.7. The lowest BCUT2D eigenvalue weighted by molar-refractivity contribution is -0.141. The molecule has 4 heterocycles. The quantitative estimate of drug-likeness (QED) is 0.558. The lowest BCUT2D eigenvalue weighted by Gasteiger charge is -2.45. The van der Waals surface area contributed by atoms with Crippen molar-refractivity contribution >= 4 is 22.5 Å². The lowest BCUT2D eigenvalue weighted by Crippen LogP contribution is -2.56. The van der Waals surface area contributed by atoms with Crippen LogP contribution >= 0.6 is 0 Å². The predicted octanol–water partition coefficient (Wildman–Crippen LogP) is 4.00. The summed E-state index contributed by atoms with van der Waals surface area (Å²) in [6.45, 7) is 12.7. The molecule has 1 fully saturated rings. The zero-order valence-corrected chi connectivity index (χ0v) is 18.5. The standard InChI is InChI=1S/C23H23F3N6O/c1-14-12-32(18-10-21(33)30(4)17-8-9-20(27-3)29-22(17)18)15(2)11-31(14)13-16-6-5-7-19(28-16)23(24,25)26/h5-10,14-15H,11-13H2,1-2,4H3/t14-,15+/m1/s1. The van der Waals surface area contributed by atoms with E-state index in [0.29, 0.717) is 42.0 Å². The molecule has 0 saturated carbocycles. The zero-order chi connectivity index (χ0) is 23.9. The molecule has 1 aliphatic heterocycles. The Morgan fingerprint density at radius 1 is 1.12 bits per heavy atom. The average molecular weight is 456 g/mol. The molecule has 7 nitrogen and oxygen atoms in total. The Morgan fingerprint density at radius 2 is 1.88 bits per heavy atom. The summed E-state index contributed by atoms with van der Waals surface area (Å²) in [5.41, 5.74) is 1.17. The first-order valence-electron chi connectivity index (χ1n) is 10.5. The Kier molecular flexibility index (Phi) is 5.84. The van der Waals surface area contributed by atoms with E-state index in [-0.39, 0.29) is 23.5 Å². The molecule has 0 N–H and O–H groups in total. The van der Waals surface area contributed by atoms with Gasteiger partial charge in [-0.15, -0.1) is 4.98 Å². The van der Waals surface area contributed by atoms with E-state index in [4.69, 9.17) is 6.57 Å². The SMILES string of the molecule is [C-]#[N+]c1ccc2c(n1)c(N1C[C@@H](C)N(Cc3cccc(C(F)(F)F)n3)C[C@@H]1C)cc(=O)n2C. The number of pyridine rings is 3. The van der Waals surface area contributed by atoms with Gasteiger partial charge < -0.3 is 14.3 Å². The highest BCUT2D eigenvalue weighted by Gasteiger charge is 2.34. The van der Waals surface area contributed by atoms with Gasteiger partial charge in [0, 0.05) is 44.8 Å². The van der Waals surface area contributed by atoms with Crippen LogP contribution in [0.2, 0.25) is 0 Å². The van der Waals surface area contributed by atoms with Crippen molar-refractivity contribution in [2.24, 2.45) is 7.05 Å². The molecule has 1 aliphatic rings. The van der Waals surface area contributed by atoms with E-state index < -0.39 is 11.9 Å². The minimum atomic E-state index is -4.48. The fourth-order valence-electron chi connectivity index (χ4n) is 4.27. The molecular formula is C23H23F3N6O. The van der Waals surface area contributed by atoms with Crippen LogP contribution in [0.15, 0.2) is 41.2 Å². The number of aromatic nitrogens is 3. The van der Waals surface area contributed by atoms with E-state index in [2.05, 4.69) is 24.6 Å². The summed E-state index contributed by atoms with van der Waals surface area (Å²) in [4.78, 5) is 28.4. The number of nitrogens with zero attached hydrogens (tertiary/aromatic N) is 6. The molecule has 2 atom stereocenters. The number of alkyl halides is 3. The number of hydrogen-bond acceptors (Lipinski definition) is 5. The second-order valence-corrected chi connectivity index (χ2v) is 8.37. The van der Waals surface area contributed by atoms with E-state index >= 15 is 0 Å². The van der Waals surface area contributed by atoms with E-state index in [1.165, 1.54) is 16.7 Å². The van der Waals surface area contributed by atoms with E-state index in [0.717, 1.165) is 6.07 Å². The van der Waals surface area contributed by atoms with Crippen LogP contribution < -0.4 is 10.5 Å². The first-order valence-corrected chi connectivity index (χ1v) is 10.5. The maximum absolute atomic E-state index is 13.0. The summed E-state index contributed by atoms with van der Waals surface area (Å²) in [7, 11) is 1.67. The third-order valence-electron chi connectivity index (χ3n) is 6.06. The van der Waals surface area contributed by atoms with Gasteiger partial charge in [0.15, 0.2) is 0 Å². The molecule has 1 saturated heterocycles. The molecule has 33 heavy (non-hydrogen) atoms. The molecule has 4 rings (SSSR count). The van der Waals surface area contributed by atoms with E-state index in [1.807, 2.05) is 13.8 Å². The highest BCUT2D eigenvalue weighted by molar-refractivity contribution is 5.89. The largest absolute Gasteiger partial charge is 0.433 e. The molecule has 3 aromatic rings. The first-order chi connectivity index (χ1) is 15.6. The fraction of sp³-hybridized carbons (Fsp3) is 0.391. The van der Waals surface area contributed by atoms with Crippen LogP contribution in [0, 0.1) is 6.57 Å². The van der Waals surface area contributed by atoms with Crippen LogP contribution in [0.5, 0.6) is 0 Å². The number of halogens is 3. The van der Waals surface area contributed by atoms with Crippen LogP contribution in [-0.4, -0.2) is 44.6 Å². The van der Waals surface area contributed by atoms with Gasteiger partial charge in [0.05, 0.1) is 16.9 Å². The molecule has 0 aliphatic carbocycles. The van der Waals surface area contributed by atoms with Gasteiger partial charge in [0.1, 0.15) is 5.69 Å². The molecule has 0 unspecified atom stereocenters. The van der Waals surface area contributed by atoms with Gasteiger partial charge in [-0.05, 0) is 38.1 Å². The molecule has 0 bridgehead atoms. The zero-order valence-electron chi connectivity index (χ0n) is 18.5. The fourth-order valence-corrected chi connectivity index (χ4v) is 4.27. The minimum Gasteiger partial charge on any atom is -0.362 e. The molecule has 0 spiro atoms. The summed E-state index contributed by atoms with van der Waals surface area (Å²) in [5.74, 6) is 0.248. The lowest BCUT2D eigenvalue weighted by atomic mass is 10.1. The van der Waals surface area contributed by atoms with Crippen LogP contribution in [-0.2, 0) is 19.8 Å². The monoisotopic (exact) mass is 456 g/mol. The van der Waals surface area contributed by atoms with Crippen LogP contribution in [0.4, 0.5) is 24.7 Å². The van der Waals surface area contributed by atoms with Crippen molar-refractivity contribution in [3.63, 3.8) is 0 Å². The van der Waals surface area contributed by atoms with Gasteiger partial charge in [0.25, 0.3) is 11.4 Å². The molecule has 0 radical (unpaired) electrons. The van der Waals surface area contributed by atoms with Crippen LogP contribution in [0.1, 0.15) is 25.2 Å². The van der Waals surface area contributed by atoms with Crippen molar-refractivity contribution in [1.29, 1.82) is 0 Å². The van der Waals surface area contributed by atoms with Crippen molar-refractivity contribution in [3.8, 4) is 0 Å². The number of rotatable bonds is 3. The topological polar surface area (TPSA) is 58.6 Å². The second-order valence-electron chi connectivity index (χ2n) is 8.37. The highest BCUT2D eigenvalue weighted by atomic mass is 19.4. The van der Waals surface area contributed by atoms with Crippen molar-refractivity contribution in [3.05, 3.63) is 69.6 Å². The third-order valence-corrected chi connectivity index (χ3v) is 6.06. The summed E-state index contributed by atoms with van der Waals surface area (Å²) < 4.78 is 40.6. The number of anilines is 1. The maximum atomic E-state index is 13.0. The molecule has 0 aromatic carbocycles. The Labute approximate surface area is 188 Å². The predicted molar refractivity (Wildman–Crippen MR) is 119 cm³/mol. The molecule has 3 aromatic heterocycles. The smallest absolute Gasteiger partial charge is 0.362 e. The van der Waals surface area contributed by atoms with E-state index in [9.17, 15) is 18.0 Å². The van der Waals surface area contributed by atoms with Gasteiger partial charge in [-0.3, -0.25) is 9.69 Å². The van der Waals surface area contributed by atoms with Crippen LogP contribution in [0.25, 0.3) is 15.9 Å². The summed E-state index contributed by atoms with van der Waals surface area (Å²) in [6, 6.07) is 8.75.